The topological polar surface area (TPSA) is 104 Å². The second-order valence-corrected chi connectivity index (χ2v) is 5.86. The van der Waals surface area contributed by atoms with E-state index in [1.54, 1.807) is 19.1 Å². The van der Waals surface area contributed by atoms with Gasteiger partial charge in [-0.25, -0.2) is 4.98 Å². The summed E-state index contributed by atoms with van der Waals surface area (Å²) in [6.07, 6.45) is 0. The van der Waals surface area contributed by atoms with E-state index in [0.717, 1.165) is 0 Å². The Morgan fingerprint density at radius 1 is 1.42 bits per heavy atom. The minimum absolute atomic E-state index is 0.0299. The van der Waals surface area contributed by atoms with E-state index in [-0.39, 0.29) is 18.9 Å². The van der Waals surface area contributed by atoms with E-state index < -0.39 is 5.97 Å². The van der Waals surface area contributed by atoms with Crippen LogP contribution in [0.5, 0.6) is 11.5 Å². The van der Waals surface area contributed by atoms with Crippen LogP contribution in [0.25, 0.3) is 15.9 Å². The zero-order valence-corrected chi connectivity index (χ0v) is 13.4. The molecule has 1 aromatic carbocycles. The van der Waals surface area contributed by atoms with Crippen LogP contribution >= 0.6 is 11.3 Å². The van der Waals surface area contributed by atoms with E-state index in [9.17, 15) is 9.59 Å². The molecule has 124 valence electrons. The molecule has 1 aliphatic heterocycles. The summed E-state index contributed by atoms with van der Waals surface area (Å²) in [5.74, 6) is 0.675. The van der Waals surface area contributed by atoms with Gasteiger partial charge in [-0.3, -0.25) is 9.59 Å². The standard InChI is InChI=1S/C14H12N4O5S/c1-2-21-11(19)5-15-13-17-18-12(20)7-3-9-10(23-6-22-9)4-8(7)16-14(18)24-13/h3-4H,2,5-6H2,1H3,(H,15,17). The molecule has 0 spiro atoms. The van der Waals surface area contributed by atoms with Gasteiger partial charge in [0.15, 0.2) is 11.5 Å². The number of anilines is 1. The summed E-state index contributed by atoms with van der Waals surface area (Å²) < 4.78 is 16.6. The van der Waals surface area contributed by atoms with Gasteiger partial charge in [-0.1, -0.05) is 11.3 Å². The molecule has 3 aromatic rings. The first-order chi connectivity index (χ1) is 11.7. The fourth-order valence-electron chi connectivity index (χ4n) is 2.33. The normalized spacial score (nSPS) is 12.7. The monoisotopic (exact) mass is 348 g/mol. The molecule has 1 N–H and O–H groups in total. The molecule has 3 heterocycles. The number of ether oxygens (including phenoxy) is 3. The van der Waals surface area contributed by atoms with Gasteiger partial charge in [-0.15, -0.1) is 5.10 Å². The predicted octanol–water partition coefficient (Wildman–Crippen LogP) is 1.01. The third-order valence-electron chi connectivity index (χ3n) is 3.38. The van der Waals surface area contributed by atoms with Crippen molar-refractivity contribution in [3.8, 4) is 11.5 Å². The summed E-state index contributed by atoms with van der Waals surface area (Å²) in [6, 6.07) is 3.27. The summed E-state index contributed by atoms with van der Waals surface area (Å²) in [5, 5.41) is 7.78. The molecule has 0 aliphatic carbocycles. The van der Waals surface area contributed by atoms with Crippen molar-refractivity contribution in [2.45, 2.75) is 6.92 Å². The van der Waals surface area contributed by atoms with Crippen molar-refractivity contribution in [3.63, 3.8) is 0 Å². The zero-order chi connectivity index (χ0) is 16.7. The van der Waals surface area contributed by atoms with Crippen molar-refractivity contribution in [3.05, 3.63) is 22.5 Å². The van der Waals surface area contributed by atoms with Gasteiger partial charge in [0.1, 0.15) is 6.54 Å². The molecular formula is C14H12N4O5S. The maximum absolute atomic E-state index is 12.6. The number of aromatic nitrogens is 3. The zero-order valence-electron chi connectivity index (χ0n) is 12.6. The molecular weight excluding hydrogens is 336 g/mol. The van der Waals surface area contributed by atoms with E-state index in [1.165, 1.54) is 15.9 Å². The second kappa shape index (κ2) is 5.64. The average Bonchev–Trinajstić information content (AvgIpc) is 3.18. The highest BCUT2D eigenvalue weighted by Crippen LogP contribution is 2.34. The molecule has 1 aliphatic rings. The molecule has 0 unspecified atom stereocenters. The lowest BCUT2D eigenvalue weighted by molar-refractivity contribution is -0.140. The van der Waals surface area contributed by atoms with Crippen LogP contribution in [-0.2, 0) is 9.53 Å². The number of hydrogen-bond acceptors (Lipinski definition) is 9. The van der Waals surface area contributed by atoms with E-state index in [2.05, 4.69) is 15.4 Å². The maximum atomic E-state index is 12.6. The summed E-state index contributed by atoms with van der Waals surface area (Å²) in [7, 11) is 0. The maximum Gasteiger partial charge on any atom is 0.325 e. The minimum atomic E-state index is -0.395. The lowest BCUT2D eigenvalue weighted by Crippen LogP contribution is -2.18. The molecule has 0 fully saturated rings. The summed E-state index contributed by atoms with van der Waals surface area (Å²) in [4.78, 5) is 28.8. The third kappa shape index (κ3) is 2.40. The Balaban J connectivity index is 1.74. The number of carbonyl (C=O) groups is 1. The van der Waals surface area contributed by atoms with Crippen LogP contribution in [0.3, 0.4) is 0 Å². The van der Waals surface area contributed by atoms with E-state index in [0.29, 0.717) is 39.1 Å². The van der Waals surface area contributed by atoms with Gasteiger partial charge >= 0.3 is 5.97 Å². The molecule has 0 amide bonds. The van der Waals surface area contributed by atoms with Crippen LogP contribution in [0.2, 0.25) is 0 Å². The predicted molar refractivity (Wildman–Crippen MR) is 85.9 cm³/mol. The Labute approximate surface area is 138 Å². The fraction of sp³-hybridized carbons (Fsp3) is 0.286. The van der Waals surface area contributed by atoms with Crippen molar-refractivity contribution in [1.82, 2.24) is 14.6 Å². The highest BCUT2D eigenvalue weighted by molar-refractivity contribution is 7.20. The smallest absolute Gasteiger partial charge is 0.325 e. The Hall–Kier alpha value is -2.88. The van der Waals surface area contributed by atoms with Crippen LogP contribution in [0.15, 0.2) is 16.9 Å². The van der Waals surface area contributed by atoms with Crippen molar-refractivity contribution in [2.24, 2.45) is 0 Å². The van der Waals surface area contributed by atoms with Crippen LogP contribution in [0, 0.1) is 0 Å². The number of benzene rings is 1. The quantitative estimate of drug-likeness (QED) is 0.697. The van der Waals surface area contributed by atoms with E-state index in [4.69, 9.17) is 14.2 Å². The lowest BCUT2D eigenvalue weighted by atomic mass is 10.2. The molecule has 4 rings (SSSR count). The molecule has 0 radical (unpaired) electrons. The van der Waals surface area contributed by atoms with Gasteiger partial charge in [0, 0.05) is 6.07 Å². The summed E-state index contributed by atoms with van der Waals surface area (Å²) in [6.45, 7) is 2.14. The molecule has 2 aromatic heterocycles. The van der Waals surface area contributed by atoms with E-state index >= 15 is 0 Å². The van der Waals surface area contributed by atoms with Crippen LogP contribution in [0.4, 0.5) is 5.13 Å². The Morgan fingerprint density at radius 3 is 3.00 bits per heavy atom. The number of fused-ring (bicyclic) bond motifs is 3. The number of rotatable bonds is 4. The Morgan fingerprint density at radius 2 is 2.21 bits per heavy atom. The Bertz CT molecular complexity index is 1010. The first kappa shape index (κ1) is 14.7. The first-order valence-electron chi connectivity index (χ1n) is 7.18. The highest BCUT2D eigenvalue weighted by atomic mass is 32.1. The highest BCUT2D eigenvalue weighted by Gasteiger charge is 2.18. The van der Waals surface area contributed by atoms with Crippen molar-refractivity contribution >= 4 is 38.3 Å². The van der Waals surface area contributed by atoms with Crippen LogP contribution in [-0.4, -0.2) is 40.5 Å². The summed E-state index contributed by atoms with van der Waals surface area (Å²) in [5.41, 5.74) is 0.193. The van der Waals surface area contributed by atoms with Crippen molar-refractivity contribution in [2.75, 3.05) is 25.3 Å². The molecule has 0 atom stereocenters. The van der Waals surface area contributed by atoms with Crippen molar-refractivity contribution in [1.29, 1.82) is 0 Å². The lowest BCUT2D eigenvalue weighted by Gasteiger charge is -2.01. The first-order valence-corrected chi connectivity index (χ1v) is 8.00. The number of nitrogens with zero attached hydrogens (tertiary/aromatic N) is 3. The molecule has 0 bridgehead atoms. The summed E-state index contributed by atoms with van der Waals surface area (Å²) >= 11 is 1.17. The van der Waals surface area contributed by atoms with Crippen LogP contribution < -0.4 is 20.3 Å². The Kier molecular flexibility index (Phi) is 3.45. The molecule has 0 saturated carbocycles. The van der Waals surface area contributed by atoms with Crippen LogP contribution in [0.1, 0.15) is 6.92 Å². The van der Waals surface area contributed by atoms with Gasteiger partial charge in [0.25, 0.3) is 5.56 Å². The van der Waals surface area contributed by atoms with E-state index in [1.807, 2.05) is 0 Å². The fourth-order valence-corrected chi connectivity index (χ4v) is 3.12. The number of carbonyl (C=O) groups excluding carboxylic acids is 1. The SMILES string of the molecule is CCOC(=O)CNc1nn2c(=O)c3cc4c(cc3nc2s1)OCO4. The number of hydrogen-bond donors (Lipinski definition) is 1. The van der Waals surface area contributed by atoms with Crippen molar-refractivity contribution < 1.29 is 19.0 Å². The number of nitrogens with one attached hydrogen (secondary N) is 1. The van der Waals surface area contributed by atoms with Gasteiger partial charge in [-0.05, 0) is 13.0 Å². The molecule has 24 heavy (non-hydrogen) atoms. The third-order valence-corrected chi connectivity index (χ3v) is 4.25. The van der Waals surface area contributed by atoms with Gasteiger partial charge in [-0.2, -0.15) is 4.52 Å². The number of esters is 1. The molecule has 0 saturated heterocycles. The average molecular weight is 348 g/mol. The molecule has 9 nitrogen and oxygen atoms in total. The minimum Gasteiger partial charge on any atom is -0.465 e. The van der Waals surface area contributed by atoms with Gasteiger partial charge < -0.3 is 19.5 Å². The van der Waals surface area contributed by atoms with Gasteiger partial charge in [0.2, 0.25) is 16.9 Å². The largest absolute Gasteiger partial charge is 0.465 e. The molecule has 10 heteroatoms. The second-order valence-electron chi connectivity index (χ2n) is 4.90. The van der Waals surface area contributed by atoms with Gasteiger partial charge in [0.05, 0.1) is 17.5 Å².